The molecule has 0 saturated heterocycles. The molecule has 1 atom stereocenters. The van der Waals surface area contributed by atoms with Gasteiger partial charge in [-0.1, -0.05) is 11.3 Å². The Hall–Kier alpha value is -1.04. The number of carbonyl (C=O) groups excluding carboxylic acids is 1. The van der Waals surface area contributed by atoms with E-state index in [1.54, 1.807) is 0 Å². The maximum atomic E-state index is 11.6. The number of aryl methyl sites for hydroxylation is 1. The number of amides is 1. The first-order valence-corrected chi connectivity index (χ1v) is 9.24. The van der Waals surface area contributed by atoms with Crippen molar-refractivity contribution in [3.63, 3.8) is 0 Å². The van der Waals surface area contributed by atoms with E-state index in [-0.39, 0.29) is 15.0 Å². The fraction of sp³-hybridized carbons (Fsp3) is 0.500. The van der Waals surface area contributed by atoms with Crippen molar-refractivity contribution in [2.45, 2.75) is 23.3 Å². The molecule has 0 aliphatic heterocycles. The summed E-state index contributed by atoms with van der Waals surface area (Å²) in [4.78, 5) is 15.4. The molecule has 0 aliphatic carbocycles. The molecule has 0 radical (unpaired) electrons. The highest BCUT2D eigenvalue weighted by atomic mass is 32.2. The zero-order chi connectivity index (χ0) is 15.0. The molecule has 0 saturated carbocycles. The number of rotatable bonds is 4. The number of nitrogens with zero attached hydrogens (tertiary/aromatic N) is 1. The third kappa shape index (κ3) is 3.96. The third-order valence-electron chi connectivity index (χ3n) is 2.25. The fourth-order valence-electron chi connectivity index (χ4n) is 1.10. The van der Waals surface area contributed by atoms with Gasteiger partial charge in [0, 0.05) is 6.26 Å². The molecule has 8 nitrogen and oxygen atoms in total. The van der Waals surface area contributed by atoms with Gasteiger partial charge in [-0.15, -0.1) is 0 Å². The topological polar surface area (TPSA) is 136 Å². The summed E-state index contributed by atoms with van der Waals surface area (Å²) in [7, 11) is -7.44. The van der Waals surface area contributed by atoms with Crippen molar-refractivity contribution >= 4 is 42.2 Å². The van der Waals surface area contributed by atoms with Crippen LogP contribution in [-0.4, -0.2) is 39.2 Å². The standard InChI is InChI=1S/C8H13N3O5S3/c1-4-7(19(9,15)16)17-8(10-4)11-6(12)5(2)18(3,13)14/h5H,1-3H3,(H2,9,15,16)(H,10,11,12). The van der Waals surface area contributed by atoms with Gasteiger partial charge in [0.25, 0.3) is 0 Å². The first-order chi connectivity index (χ1) is 8.43. The molecule has 0 aliphatic rings. The molecule has 1 unspecified atom stereocenters. The molecule has 0 spiro atoms. The maximum absolute atomic E-state index is 11.6. The Bertz CT molecular complexity index is 704. The summed E-state index contributed by atoms with van der Waals surface area (Å²) >= 11 is 0.672. The molecule has 0 bridgehead atoms. The molecule has 11 heteroatoms. The summed E-state index contributed by atoms with van der Waals surface area (Å²) in [5.74, 6) is -0.780. The Morgan fingerprint density at radius 2 is 1.89 bits per heavy atom. The van der Waals surface area contributed by atoms with Gasteiger partial charge in [-0.05, 0) is 13.8 Å². The van der Waals surface area contributed by atoms with Crippen molar-refractivity contribution in [1.29, 1.82) is 0 Å². The summed E-state index contributed by atoms with van der Waals surface area (Å²) in [6, 6.07) is 0. The summed E-state index contributed by atoms with van der Waals surface area (Å²) in [6.07, 6.45) is 0.931. The van der Waals surface area contributed by atoms with Crippen molar-refractivity contribution in [2.75, 3.05) is 11.6 Å². The lowest BCUT2D eigenvalue weighted by molar-refractivity contribution is -0.115. The molecule has 1 amide bonds. The lowest BCUT2D eigenvalue weighted by Gasteiger charge is -2.07. The van der Waals surface area contributed by atoms with E-state index in [1.165, 1.54) is 13.8 Å². The smallest absolute Gasteiger partial charge is 0.249 e. The highest BCUT2D eigenvalue weighted by molar-refractivity contribution is 7.92. The molecule has 1 heterocycles. The predicted molar refractivity (Wildman–Crippen MR) is 71.2 cm³/mol. The van der Waals surface area contributed by atoms with Gasteiger partial charge in [-0.2, -0.15) is 0 Å². The van der Waals surface area contributed by atoms with Gasteiger partial charge in [-0.3, -0.25) is 4.79 Å². The number of nitrogens with two attached hydrogens (primary N) is 1. The van der Waals surface area contributed by atoms with Crippen LogP contribution in [0.4, 0.5) is 5.13 Å². The van der Waals surface area contributed by atoms with Crippen LogP contribution in [0.2, 0.25) is 0 Å². The molecule has 108 valence electrons. The zero-order valence-electron chi connectivity index (χ0n) is 10.4. The van der Waals surface area contributed by atoms with Gasteiger partial charge in [0.2, 0.25) is 15.9 Å². The van der Waals surface area contributed by atoms with Crippen LogP contribution >= 0.6 is 11.3 Å². The minimum Gasteiger partial charge on any atom is -0.301 e. The van der Waals surface area contributed by atoms with E-state index in [9.17, 15) is 21.6 Å². The number of hydrogen-bond donors (Lipinski definition) is 2. The Labute approximate surface area is 115 Å². The maximum Gasteiger partial charge on any atom is 0.249 e. The average molecular weight is 327 g/mol. The normalized spacial score (nSPS) is 14.1. The van der Waals surface area contributed by atoms with Gasteiger partial charge in [0.15, 0.2) is 19.2 Å². The second-order valence-electron chi connectivity index (χ2n) is 3.90. The van der Waals surface area contributed by atoms with Crippen molar-refractivity contribution in [2.24, 2.45) is 5.14 Å². The van der Waals surface area contributed by atoms with Crippen molar-refractivity contribution in [1.82, 2.24) is 4.98 Å². The van der Waals surface area contributed by atoms with Crippen LogP contribution in [0.15, 0.2) is 4.21 Å². The largest absolute Gasteiger partial charge is 0.301 e. The molecule has 0 fully saturated rings. The van der Waals surface area contributed by atoms with Gasteiger partial charge in [0.05, 0.1) is 5.69 Å². The minimum absolute atomic E-state index is 0.0120. The number of anilines is 1. The van der Waals surface area contributed by atoms with E-state index in [1.807, 2.05) is 0 Å². The molecule has 1 aromatic rings. The predicted octanol–water partition coefficient (Wildman–Crippen LogP) is -0.529. The molecule has 3 N–H and O–H groups in total. The first-order valence-electron chi connectivity index (χ1n) is 4.93. The van der Waals surface area contributed by atoms with Crippen LogP contribution in [-0.2, 0) is 24.7 Å². The Morgan fingerprint density at radius 1 is 1.37 bits per heavy atom. The number of sulfonamides is 1. The number of nitrogens with one attached hydrogen (secondary N) is 1. The van der Waals surface area contributed by atoms with Crippen molar-refractivity contribution in [3.05, 3.63) is 5.69 Å². The van der Waals surface area contributed by atoms with E-state index in [0.29, 0.717) is 11.3 Å². The second kappa shape index (κ2) is 5.15. The fourth-order valence-corrected chi connectivity index (χ4v) is 3.41. The Balaban J connectivity index is 3.00. The van der Waals surface area contributed by atoms with Crippen LogP contribution in [0, 0.1) is 6.92 Å². The lowest BCUT2D eigenvalue weighted by atomic mass is 10.4. The van der Waals surface area contributed by atoms with Crippen molar-refractivity contribution in [3.8, 4) is 0 Å². The van der Waals surface area contributed by atoms with E-state index in [4.69, 9.17) is 5.14 Å². The van der Waals surface area contributed by atoms with E-state index < -0.39 is 31.0 Å². The second-order valence-corrected chi connectivity index (χ2v) is 9.02. The summed E-state index contributed by atoms with van der Waals surface area (Å²) in [6.45, 7) is 2.65. The number of hydrogen-bond acceptors (Lipinski definition) is 7. The highest BCUT2D eigenvalue weighted by Gasteiger charge is 2.25. The third-order valence-corrected chi connectivity index (χ3v) is 6.38. The molecule has 0 aromatic carbocycles. The highest BCUT2D eigenvalue weighted by Crippen LogP contribution is 2.26. The summed E-state index contributed by atoms with van der Waals surface area (Å²) in [5, 5.41) is 5.95. The Kier molecular flexibility index (Phi) is 4.34. The van der Waals surface area contributed by atoms with E-state index in [0.717, 1.165) is 6.26 Å². The minimum atomic E-state index is -3.91. The summed E-state index contributed by atoms with van der Waals surface area (Å²) < 4.78 is 44.6. The summed E-state index contributed by atoms with van der Waals surface area (Å²) in [5.41, 5.74) is 0.148. The number of primary sulfonamides is 1. The van der Waals surface area contributed by atoms with Crippen LogP contribution in [0.5, 0.6) is 0 Å². The number of carbonyl (C=O) groups is 1. The van der Waals surface area contributed by atoms with Gasteiger partial charge >= 0.3 is 0 Å². The zero-order valence-corrected chi connectivity index (χ0v) is 12.8. The van der Waals surface area contributed by atoms with Gasteiger partial charge in [0.1, 0.15) is 5.25 Å². The average Bonchev–Trinajstić information content (AvgIpc) is 2.56. The van der Waals surface area contributed by atoms with Gasteiger partial charge in [-0.25, -0.2) is 27.0 Å². The van der Waals surface area contributed by atoms with Gasteiger partial charge < -0.3 is 5.32 Å². The molecule has 1 rings (SSSR count). The number of thiazole rings is 1. The first kappa shape index (κ1) is 16.0. The monoisotopic (exact) mass is 327 g/mol. The quantitative estimate of drug-likeness (QED) is 0.763. The van der Waals surface area contributed by atoms with Crippen LogP contribution in [0.1, 0.15) is 12.6 Å². The number of aromatic nitrogens is 1. The molecular formula is C8H13N3O5S3. The van der Waals surface area contributed by atoms with Crippen LogP contribution < -0.4 is 10.5 Å². The molecular weight excluding hydrogens is 314 g/mol. The lowest BCUT2D eigenvalue weighted by Crippen LogP contribution is -2.31. The number of sulfone groups is 1. The van der Waals surface area contributed by atoms with E-state index >= 15 is 0 Å². The van der Waals surface area contributed by atoms with Crippen LogP contribution in [0.3, 0.4) is 0 Å². The van der Waals surface area contributed by atoms with E-state index in [2.05, 4.69) is 10.3 Å². The van der Waals surface area contributed by atoms with Crippen LogP contribution in [0.25, 0.3) is 0 Å². The van der Waals surface area contributed by atoms with Crippen molar-refractivity contribution < 1.29 is 21.6 Å². The molecule has 19 heavy (non-hydrogen) atoms. The SMILES string of the molecule is Cc1nc(NC(=O)C(C)S(C)(=O)=O)sc1S(N)(=O)=O. The Morgan fingerprint density at radius 3 is 2.26 bits per heavy atom. The molecule has 1 aromatic heterocycles.